The number of furan rings is 1. The summed E-state index contributed by atoms with van der Waals surface area (Å²) in [6.07, 6.45) is 0.928. The minimum Gasteiger partial charge on any atom is -0.444 e. The van der Waals surface area contributed by atoms with E-state index >= 15 is 0 Å². The van der Waals surface area contributed by atoms with Crippen molar-refractivity contribution in [3.8, 4) is 0 Å². The summed E-state index contributed by atoms with van der Waals surface area (Å²) in [5.74, 6) is -0.513. The molecule has 1 atom stereocenters. The maximum Gasteiger partial charge on any atom is 0.287 e. The molecule has 0 spiro atoms. The van der Waals surface area contributed by atoms with Crippen molar-refractivity contribution in [2.75, 3.05) is 0 Å². The monoisotopic (exact) mass is 401 g/mol. The Hall–Kier alpha value is -2.40. The number of carbonyl (C=O) groups excluding carboxylic acids is 1. The highest BCUT2D eigenvalue weighted by molar-refractivity contribution is 9.10. The number of hydrogen-bond acceptors (Lipinski definition) is 2. The van der Waals surface area contributed by atoms with Gasteiger partial charge in [0.15, 0.2) is 10.4 Å². The Morgan fingerprint density at radius 3 is 2.48 bits per heavy atom. The van der Waals surface area contributed by atoms with Gasteiger partial charge in [-0.2, -0.15) is 0 Å². The lowest BCUT2D eigenvalue weighted by atomic mass is 9.97. The first kappa shape index (κ1) is 17.4. The zero-order valence-corrected chi connectivity index (χ0v) is 15.2. The van der Waals surface area contributed by atoms with Gasteiger partial charge in [0.05, 0.1) is 6.04 Å². The second kappa shape index (κ2) is 7.66. The van der Waals surface area contributed by atoms with Crippen LogP contribution in [0.2, 0.25) is 0 Å². The number of amides is 1. The minimum atomic E-state index is -0.474. The number of benzene rings is 2. The van der Waals surface area contributed by atoms with Gasteiger partial charge in [-0.3, -0.25) is 4.79 Å². The van der Waals surface area contributed by atoms with Crippen LogP contribution < -0.4 is 5.32 Å². The molecule has 1 heterocycles. The van der Waals surface area contributed by atoms with Gasteiger partial charge in [0, 0.05) is 0 Å². The van der Waals surface area contributed by atoms with Gasteiger partial charge in [0.25, 0.3) is 5.91 Å². The highest BCUT2D eigenvalue weighted by Crippen LogP contribution is 2.24. The molecule has 0 unspecified atom stereocenters. The van der Waals surface area contributed by atoms with Crippen LogP contribution in [0, 0.1) is 5.82 Å². The molecule has 128 valence electrons. The number of nitrogens with one attached hydrogen (secondary N) is 1. The summed E-state index contributed by atoms with van der Waals surface area (Å²) in [6, 6.07) is 16.9. The van der Waals surface area contributed by atoms with Crippen molar-refractivity contribution in [1.29, 1.82) is 0 Å². The van der Waals surface area contributed by atoms with Crippen LogP contribution in [0.25, 0.3) is 0 Å². The Bertz CT molecular complexity index is 873. The van der Waals surface area contributed by atoms with Crippen molar-refractivity contribution < 1.29 is 13.6 Å². The van der Waals surface area contributed by atoms with Gasteiger partial charge in [-0.05, 0) is 63.3 Å². The Morgan fingerprint density at radius 2 is 1.88 bits per heavy atom. The minimum absolute atomic E-state index is 0.193. The molecule has 0 aliphatic rings. The normalized spacial score (nSPS) is 12.0. The summed E-state index contributed by atoms with van der Waals surface area (Å²) in [4.78, 5) is 12.5. The average Bonchev–Trinajstić information content (AvgIpc) is 3.06. The first-order valence-electron chi connectivity index (χ1n) is 7.97. The second-order valence-corrected chi connectivity index (χ2v) is 6.44. The third-order valence-electron chi connectivity index (χ3n) is 3.98. The molecule has 0 saturated heterocycles. The van der Waals surface area contributed by atoms with E-state index in [1.165, 1.54) is 17.7 Å². The van der Waals surface area contributed by atoms with Crippen molar-refractivity contribution in [3.63, 3.8) is 0 Å². The van der Waals surface area contributed by atoms with E-state index in [4.69, 9.17) is 4.42 Å². The van der Waals surface area contributed by atoms with E-state index in [0.29, 0.717) is 10.2 Å². The molecular formula is C20H17BrFNO2. The molecule has 0 aliphatic heterocycles. The molecule has 2 aromatic carbocycles. The Morgan fingerprint density at radius 1 is 1.12 bits per heavy atom. The number of rotatable bonds is 5. The van der Waals surface area contributed by atoms with Crippen LogP contribution in [0.1, 0.15) is 40.2 Å². The standard InChI is InChI=1S/C20H17BrFNO2/c1-2-13-6-8-14(9-7-13)19(15-4-3-5-16(22)12-15)23-20(24)17-10-11-18(21)25-17/h3-12,19H,2H2,1H3,(H,23,24)/t19-/m1/s1. The second-order valence-electron chi connectivity index (χ2n) is 5.66. The highest BCUT2D eigenvalue weighted by atomic mass is 79.9. The van der Waals surface area contributed by atoms with Gasteiger partial charge in [-0.25, -0.2) is 4.39 Å². The molecule has 0 bridgehead atoms. The van der Waals surface area contributed by atoms with Crippen LogP contribution >= 0.6 is 15.9 Å². The summed E-state index contributed by atoms with van der Waals surface area (Å²) in [5, 5.41) is 2.92. The van der Waals surface area contributed by atoms with Crippen LogP contribution in [0.4, 0.5) is 4.39 Å². The third kappa shape index (κ3) is 4.17. The third-order valence-corrected chi connectivity index (χ3v) is 4.40. The van der Waals surface area contributed by atoms with Crippen molar-refractivity contribution in [1.82, 2.24) is 5.32 Å². The maximum absolute atomic E-state index is 13.7. The van der Waals surface area contributed by atoms with Gasteiger partial charge >= 0.3 is 0 Å². The van der Waals surface area contributed by atoms with E-state index in [1.807, 2.05) is 24.3 Å². The van der Waals surface area contributed by atoms with Crippen molar-refractivity contribution >= 4 is 21.8 Å². The van der Waals surface area contributed by atoms with E-state index in [9.17, 15) is 9.18 Å². The summed E-state index contributed by atoms with van der Waals surface area (Å²) in [5.41, 5.74) is 2.74. The highest BCUT2D eigenvalue weighted by Gasteiger charge is 2.20. The molecule has 1 N–H and O–H groups in total. The van der Waals surface area contributed by atoms with Gasteiger partial charge in [-0.15, -0.1) is 0 Å². The zero-order valence-electron chi connectivity index (χ0n) is 13.6. The molecule has 1 aromatic heterocycles. The predicted octanol–water partition coefficient (Wildman–Crippen LogP) is 5.26. The average molecular weight is 402 g/mol. The van der Waals surface area contributed by atoms with E-state index in [2.05, 4.69) is 28.2 Å². The summed E-state index contributed by atoms with van der Waals surface area (Å²) in [6.45, 7) is 2.08. The maximum atomic E-state index is 13.7. The fourth-order valence-electron chi connectivity index (χ4n) is 2.63. The number of carbonyl (C=O) groups is 1. The number of hydrogen-bond donors (Lipinski definition) is 1. The Kier molecular flexibility index (Phi) is 5.34. The largest absolute Gasteiger partial charge is 0.444 e. The molecule has 1 amide bonds. The smallest absolute Gasteiger partial charge is 0.287 e. The lowest BCUT2D eigenvalue weighted by molar-refractivity contribution is 0.0913. The molecule has 5 heteroatoms. The van der Waals surface area contributed by atoms with E-state index < -0.39 is 6.04 Å². The van der Waals surface area contributed by atoms with E-state index in [1.54, 1.807) is 24.3 Å². The van der Waals surface area contributed by atoms with Crippen LogP contribution in [-0.2, 0) is 6.42 Å². The Balaban J connectivity index is 1.94. The molecule has 0 aliphatic carbocycles. The summed E-state index contributed by atoms with van der Waals surface area (Å²) >= 11 is 3.19. The lowest BCUT2D eigenvalue weighted by Gasteiger charge is -2.20. The first-order chi connectivity index (χ1) is 12.1. The van der Waals surface area contributed by atoms with E-state index in [0.717, 1.165) is 12.0 Å². The molecule has 3 aromatic rings. The van der Waals surface area contributed by atoms with Gasteiger partial charge in [0.1, 0.15) is 5.82 Å². The quantitative estimate of drug-likeness (QED) is 0.633. The lowest BCUT2D eigenvalue weighted by Crippen LogP contribution is -2.29. The Labute approximate surface area is 154 Å². The van der Waals surface area contributed by atoms with Gasteiger partial charge in [-0.1, -0.05) is 43.3 Å². The predicted molar refractivity (Wildman–Crippen MR) is 97.9 cm³/mol. The van der Waals surface area contributed by atoms with Gasteiger partial charge < -0.3 is 9.73 Å². The van der Waals surface area contributed by atoms with Crippen molar-refractivity contribution in [2.24, 2.45) is 0 Å². The molecule has 0 radical (unpaired) electrons. The fourth-order valence-corrected chi connectivity index (χ4v) is 2.94. The number of aryl methyl sites for hydroxylation is 1. The molecule has 25 heavy (non-hydrogen) atoms. The van der Waals surface area contributed by atoms with Crippen LogP contribution in [0.3, 0.4) is 0 Å². The fraction of sp³-hybridized carbons (Fsp3) is 0.150. The zero-order chi connectivity index (χ0) is 17.8. The molecular weight excluding hydrogens is 385 g/mol. The van der Waals surface area contributed by atoms with Crippen molar-refractivity contribution in [3.05, 3.63) is 93.6 Å². The molecule has 3 rings (SSSR count). The summed E-state index contributed by atoms with van der Waals surface area (Å²) in [7, 11) is 0. The van der Waals surface area contributed by atoms with Gasteiger partial charge in [0.2, 0.25) is 0 Å². The summed E-state index contributed by atoms with van der Waals surface area (Å²) < 4.78 is 19.5. The molecule has 0 fully saturated rings. The topological polar surface area (TPSA) is 42.2 Å². The van der Waals surface area contributed by atoms with Crippen LogP contribution in [0.5, 0.6) is 0 Å². The first-order valence-corrected chi connectivity index (χ1v) is 8.76. The molecule has 0 saturated carbocycles. The van der Waals surface area contributed by atoms with Crippen molar-refractivity contribution in [2.45, 2.75) is 19.4 Å². The van der Waals surface area contributed by atoms with Crippen LogP contribution in [-0.4, -0.2) is 5.91 Å². The molecule has 3 nitrogen and oxygen atoms in total. The van der Waals surface area contributed by atoms with E-state index in [-0.39, 0.29) is 17.5 Å². The van der Waals surface area contributed by atoms with Crippen LogP contribution in [0.15, 0.2) is 69.8 Å². The number of halogens is 2. The SMILES string of the molecule is CCc1ccc([C@@H](NC(=O)c2ccc(Br)o2)c2cccc(F)c2)cc1.